The van der Waals surface area contributed by atoms with E-state index in [4.69, 9.17) is 16.6 Å². The summed E-state index contributed by atoms with van der Waals surface area (Å²) in [7, 11) is 0. The maximum atomic E-state index is 12.3. The van der Waals surface area contributed by atoms with Crippen LogP contribution in [0.15, 0.2) is 84.5 Å². The highest BCUT2D eigenvalue weighted by Gasteiger charge is 2.08. The zero-order chi connectivity index (χ0) is 20.1. The van der Waals surface area contributed by atoms with Crippen LogP contribution in [0.4, 0.5) is 5.69 Å². The van der Waals surface area contributed by atoms with Crippen molar-refractivity contribution in [2.75, 3.05) is 5.32 Å². The molecule has 0 saturated heterocycles. The third kappa shape index (κ3) is 4.96. The van der Waals surface area contributed by atoms with Gasteiger partial charge in [0.15, 0.2) is 0 Å². The molecule has 0 radical (unpaired) electrons. The molecule has 2 aromatic heterocycles. The van der Waals surface area contributed by atoms with Crippen LogP contribution in [-0.2, 0) is 4.79 Å². The second-order valence-corrected chi connectivity index (χ2v) is 7.53. The normalized spacial score (nSPS) is 10.9. The summed E-state index contributed by atoms with van der Waals surface area (Å²) in [5.41, 5.74) is 4.42. The third-order valence-corrected chi connectivity index (χ3v) is 5.26. The van der Waals surface area contributed by atoms with Gasteiger partial charge in [-0.2, -0.15) is 0 Å². The fourth-order valence-electron chi connectivity index (χ4n) is 2.76. The van der Waals surface area contributed by atoms with Crippen molar-refractivity contribution in [2.24, 2.45) is 0 Å². The molecule has 4 aromatic rings. The lowest BCUT2D eigenvalue weighted by Crippen LogP contribution is -2.07. The van der Waals surface area contributed by atoms with Crippen LogP contribution < -0.4 is 5.32 Å². The molecule has 6 heteroatoms. The van der Waals surface area contributed by atoms with E-state index in [1.165, 1.54) is 6.08 Å². The molecule has 0 aliphatic carbocycles. The van der Waals surface area contributed by atoms with E-state index in [1.54, 1.807) is 41.9 Å². The first-order valence-electron chi connectivity index (χ1n) is 8.88. The second-order valence-electron chi connectivity index (χ2n) is 6.23. The van der Waals surface area contributed by atoms with Crippen LogP contribution in [0.2, 0.25) is 5.02 Å². The summed E-state index contributed by atoms with van der Waals surface area (Å²) in [5, 5.41) is 6.46. The van der Waals surface area contributed by atoms with Crippen molar-refractivity contribution in [3.05, 3.63) is 95.1 Å². The largest absolute Gasteiger partial charge is 0.322 e. The van der Waals surface area contributed by atoms with Gasteiger partial charge >= 0.3 is 0 Å². The fraction of sp³-hybridized carbons (Fsp3) is 0. The molecule has 0 aliphatic heterocycles. The van der Waals surface area contributed by atoms with E-state index in [9.17, 15) is 4.79 Å². The summed E-state index contributed by atoms with van der Waals surface area (Å²) in [6.45, 7) is 0. The van der Waals surface area contributed by atoms with Gasteiger partial charge < -0.3 is 5.32 Å². The van der Waals surface area contributed by atoms with E-state index in [1.807, 2.05) is 53.9 Å². The lowest BCUT2D eigenvalue weighted by atomic mass is 10.1. The highest BCUT2D eigenvalue weighted by Crippen LogP contribution is 2.29. The number of hydrogen-bond acceptors (Lipinski definition) is 4. The number of aromatic nitrogens is 2. The van der Waals surface area contributed by atoms with Gasteiger partial charge in [-0.3, -0.25) is 9.78 Å². The van der Waals surface area contributed by atoms with Gasteiger partial charge in [0.25, 0.3) is 0 Å². The summed E-state index contributed by atoms with van der Waals surface area (Å²) in [4.78, 5) is 21.0. The summed E-state index contributed by atoms with van der Waals surface area (Å²) < 4.78 is 0. The van der Waals surface area contributed by atoms with Crippen molar-refractivity contribution in [3.63, 3.8) is 0 Å². The van der Waals surface area contributed by atoms with Crippen molar-refractivity contribution in [1.29, 1.82) is 0 Å². The Hall–Kier alpha value is -3.28. The molecule has 4 rings (SSSR count). The molecule has 1 N–H and O–H groups in total. The van der Waals surface area contributed by atoms with Gasteiger partial charge in [-0.05, 0) is 48.0 Å². The van der Waals surface area contributed by atoms with Gasteiger partial charge in [-0.25, -0.2) is 4.98 Å². The van der Waals surface area contributed by atoms with E-state index in [0.717, 1.165) is 27.4 Å². The number of carbonyl (C=O) groups excluding carboxylic acids is 1. The first-order valence-corrected chi connectivity index (χ1v) is 10.1. The van der Waals surface area contributed by atoms with Crippen LogP contribution in [0.1, 0.15) is 5.56 Å². The van der Waals surface area contributed by atoms with Crippen molar-refractivity contribution in [3.8, 4) is 21.8 Å². The SMILES string of the molecule is O=C(/C=C/c1cccc(Cl)c1)Nc1cccc(-c2csc(-c3ccncc3)n2)c1. The average Bonchev–Trinajstić information content (AvgIpc) is 3.24. The molecule has 0 unspecified atom stereocenters. The monoisotopic (exact) mass is 417 g/mol. The van der Waals surface area contributed by atoms with Crippen LogP contribution in [0.3, 0.4) is 0 Å². The minimum absolute atomic E-state index is 0.210. The summed E-state index contributed by atoms with van der Waals surface area (Å²) in [5.74, 6) is -0.210. The van der Waals surface area contributed by atoms with Gasteiger partial charge in [0.05, 0.1) is 5.69 Å². The molecule has 2 aromatic carbocycles. The Bertz CT molecular complexity index is 1170. The van der Waals surface area contributed by atoms with Crippen molar-refractivity contribution >= 4 is 40.6 Å². The zero-order valence-electron chi connectivity index (χ0n) is 15.2. The minimum atomic E-state index is -0.210. The second kappa shape index (κ2) is 8.82. The number of nitrogens with zero attached hydrogens (tertiary/aromatic N) is 2. The van der Waals surface area contributed by atoms with Gasteiger partial charge in [0.2, 0.25) is 5.91 Å². The number of hydrogen-bond donors (Lipinski definition) is 1. The van der Waals surface area contributed by atoms with Crippen LogP contribution in [-0.4, -0.2) is 15.9 Å². The van der Waals surface area contributed by atoms with Gasteiger partial charge in [-0.1, -0.05) is 35.9 Å². The Morgan fingerprint density at radius 1 is 1.00 bits per heavy atom. The first kappa shape index (κ1) is 19.1. The lowest BCUT2D eigenvalue weighted by molar-refractivity contribution is -0.111. The Morgan fingerprint density at radius 2 is 1.83 bits per heavy atom. The van der Waals surface area contributed by atoms with Gasteiger partial charge in [0.1, 0.15) is 5.01 Å². The van der Waals surface area contributed by atoms with E-state index in [0.29, 0.717) is 10.7 Å². The molecule has 0 spiro atoms. The van der Waals surface area contributed by atoms with Crippen LogP contribution in [0.5, 0.6) is 0 Å². The molecule has 142 valence electrons. The Labute approximate surface area is 177 Å². The highest BCUT2D eigenvalue weighted by molar-refractivity contribution is 7.13. The van der Waals surface area contributed by atoms with Gasteiger partial charge in [0, 0.05) is 45.7 Å². The van der Waals surface area contributed by atoms with E-state index in [-0.39, 0.29) is 5.91 Å². The number of carbonyl (C=O) groups is 1. The van der Waals surface area contributed by atoms with Gasteiger partial charge in [-0.15, -0.1) is 11.3 Å². The first-order chi connectivity index (χ1) is 14.2. The maximum Gasteiger partial charge on any atom is 0.248 e. The molecule has 2 heterocycles. The van der Waals surface area contributed by atoms with Crippen molar-refractivity contribution in [2.45, 2.75) is 0 Å². The molecule has 4 nitrogen and oxygen atoms in total. The Morgan fingerprint density at radius 3 is 2.66 bits per heavy atom. The number of amides is 1. The number of nitrogens with one attached hydrogen (secondary N) is 1. The summed E-state index contributed by atoms with van der Waals surface area (Å²) in [6, 6.07) is 18.8. The number of anilines is 1. The number of pyridine rings is 1. The smallest absolute Gasteiger partial charge is 0.248 e. The standard InChI is InChI=1S/C23H16ClN3OS/c24-19-5-1-3-16(13-19)7-8-22(28)26-20-6-2-4-18(14-20)21-15-29-23(27-21)17-9-11-25-12-10-17/h1-15H,(H,26,28)/b8-7+. The topological polar surface area (TPSA) is 54.9 Å². The molecule has 0 fully saturated rings. The minimum Gasteiger partial charge on any atom is -0.322 e. The molecule has 0 bridgehead atoms. The highest BCUT2D eigenvalue weighted by atomic mass is 35.5. The van der Waals surface area contributed by atoms with E-state index in [2.05, 4.69) is 10.3 Å². The lowest BCUT2D eigenvalue weighted by Gasteiger charge is -2.04. The van der Waals surface area contributed by atoms with E-state index < -0.39 is 0 Å². The summed E-state index contributed by atoms with van der Waals surface area (Å²) >= 11 is 7.54. The predicted molar refractivity (Wildman–Crippen MR) is 120 cm³/mol. The third-order valence-electron chi connectivity index (χ3n) is 4.13. The number of thiazole rings is 1. The number of benzene rings is 2. The average molecular weight is 418 g/mol. The molecule has 0 aliphatic rings. The molecule has 1 amide bonds. The Kier molecular flexibility index (Phi) is 5.79. The van der Waals surface area contributed by atoms with Crippen LogP contribution >= 0.6 is 22.9 Å². The Balaban J connectivity index is 1.48. The number of halogens is 1. The number of rotatable bonds is 5. The zero-order valence-corrected chi connectivity index (χ0v) is 16.8. The van der Waals surface area contributed by atoms with Crippen molar-refractivity contribution in [1.82, 2.24) is 9.97 Å². The molecule has 29 heavy (non-hydrogen) atoms. The molecule has 0 atom stereocenters. The predicted octanol–water partition coefficient (Wildman–Crippen LogP) is 6.18. The summed E-state index contributed by atoms with van der Waals surface area (Å²) in [6.07, 6.45) is 6.72. The maximum absolute atomic E-state index is 12.3. The van der Waals surface area contributed by atoms with E-state index >= 15 is 0 Å². The van der Waals surface area contributed by atoms with Crippen LogP contribution in [0.25, 0.3) is 27.9 Å². The van der Waals surface area contributed by atoms with Crippen molar-refractivity contribution < 1.29 is 4.79 Å². The molecular formula is C23H16ClN3OS. The fourth-order valence-corrected chi connectivity index (χ4v) is 3.79. The quantitative estimate of drug-likeness (QED) is 0.394. The van der Waals surface area contributed by atoms with Crippen LogP contribution in [0, 0.1) is 0 Å². The molecular weight excluding hydrogens is 402 g/mol. The molecule has 0 saturated carbocycles.